The lowest BCUT2D eigenvalue weighted by atomic mass is 9.93. The number of nitrogens with two attached hydrogens (primary N) is 1. The second-order valence-corrected chi connectivity index (χ2v) is 6.71. The highest BCUT2D eigenvalue weighted by Crippen LogP contribution is 2.82. The summed E-state index contributed by atoms with van der Waals surface area (Å²) in [6.07, 6.45) is -4.84. The summed E-state index contributed by atoms with van der Waals surface area (Å²) in [5.41, 5.74) is 2.52. The zero-order valence-electron chi connectivity index (χ0n) is 13.5. The van der Waals surface area contributed by atoms with E-state index in [2.05, 4.69) is 17.1 Å². The summed E-state index contributed by atoms with van der Waals surface area (Å²) in [5, 5.41) is 19.7. The fourth-order valence-corrected chi connectivity index (χ4v) is 4.23. The third-order valence-electron chi connectivity index (χ3n) is 5.37. The van der Waals surface area contributed by atoms with Gasteiger partial charge in [0.25, 0.3) is 5.91 Å². The maximum atomic E-state index is 12.8. The van der Waals surface area contributed by atoms with Gasteiger partial charge >= 0.3 is 6.18 Å². The van der Waals surface area contributed by atoms with Gasteiger partial charge in [0.15, 0.2) is 5.41 Å². The summed E-state index contributed by atoms with van der Waals surface area (Å²) < 4.78 is 49.8. The van der Waals surface area contributed by atoms with E-state index in [9.17, 15) is 23.7 Å². The van der Waals surface area contributed by atoms with Crippen LogP contribution in [0.5, 0.6) is 0 Å². The number of benzene rings is 1. The van der Waals surface area contributed by atoms with Gasteiger partial charge in [-0.3, -0.25) is 0 Å². The number of halogens is 3. The first kappa shape index (κ1) is 16.8. The standard InChI is InChI=1S/C17H13F3N4O2/c1-9-6-25-17(26-9)15(8-22)12(14(15,7-21)13(23)24-17)10-2-4-11(5-3-10)16(18,19)20/h2-5,9,12H,6H2,1H3,(H2,23,24). The third-order valence-corrected chi connectivity index (χ3v) is 5.37. The molecule has 5 unspecified atom stereocenters. The van der Waals surface area contributed by atoms with Crippen LogP contribution in [-0.2, 0) is 15.7 Å². The molecule has 2 aliphatic heterocycles. The molecular formula is C17H13F3N4O2. The van der Waals surface area contributed by atoms with Crippen molar-refractivity contribution in [2.75, 3.05) is 6.61 Å². The molecule has 9 heteroatoms. The van der Waals surface area contributed by atoms with E-state index >= 15 is 0 Å². The smallest absolute Gasteiger partial charge is 0.386 e. The SMILES string of the molecule is CC1COC2(N=C(N)C3(C#N)C(c4ccc(C(F)(F)F)cc4)C23C#N)O1. The van der Waals surface area contributed by atoms with E-state index in [0.29, 0.717) is 5.56 Å². The molecular weight excluding hydrogens is 349 g/mol. The Labute approximate surface area is 146 Å². The van der Waals surface area contributed by atoms with E-state index in [-0.39, 0.29) is 18.5 Å². The van der Waals surface area contributed by atoms with Crippen LogP contribution in [0.4, 0.5) is 13.2 Å². The number of nitriles is 2. The maximum absolute atomic E-state index is 12.8. The summed E-state index contributed by atoms with van der Waals surface area (Å²) in [5.74, 6) is -2.61. The van der Waals surface area contributed by atoms with Crippen LogP contribution in [0, 0.1) is 33.5 Å². The molecule has 2 N–H and O–H groups in total. The lowest BCUT2D eigenvalue weighted by Gasteiger charge is -2.26. The molecule has 1 aromatic rings. The Kier molecular flexibility index (Phi) is 3.08. The first-order chi connectivity index (χ1) is 12.2. The van der Waals surface area contributed by atoms with Crippen LogP contribution < -0.4 is 5.73 Å². The van der Waals surface area contributed by atoms with Gasteiger partial charge in [-0.1, -0.05) is 12.1 Å². The Balaban J connectivity index is 1.83. The number of fused-ring (bicyclic) bond motifs is 2. The molecule has 1 spiro atoms. The van der Waals surface area contributed by atoms with E-state index in [1.54, 1.807) is 6.92 Å². The Hall–Kier alpha value is -2.62. The van der Waals surface area contributed by atoms with Crippen LogP contribution in [0.15, 0.2) is 29.3 Å². The van der Waals surface area contributed by atoms with Gasteiger partial charge in [0.1, 0.15) is 11.3 Å². The molecule has 26 heavy (non-hydrogen) atoms. The lowest BCUT2D eigenvalue weighted by Crippen LogP contribution is -2.39. The number of hydrogen-bond acceptors (Lipinski definition) is 6. The van der Waals surface area contributed by atoms with E-state index in [1.165, 1.54) is 12.1 Å². The van der Waals surface area contributed by atoms with E-state index in [4.69, 9.17) is 15.2 Å². The average molecular weight is 362 g/mol. The van der Waals surface area contributed by atoms with Gasteiger partial charge in [0, 0.05) is 5.92 Å². The van der Waals surface area contributed by atoms with Gasteiger partial charge in [0.05, 0.1) is 30.4 Å². The van der Waals surface area contributed by atoms with Crippen molar-refractivity contribution in [2.24, 2.45) is 21.6 Å². The van der Waals surface area contributed by atoms with Crippen LogP contribution in [0.25, 0.3) is 0 Å². The number of amidine groups is 1. The molecule has 1 aromatic carbocycles. The summed E-state index contributed by atoms with van der Waals surface area (Å²) >= 11 is 0. The Morgan fingerprint density at radius 3 is 2.35 bits per heavy atom. The first-order valence-electron chi connectivity index (χ1n) is 7.86. The summed E-state index contributed by atoms with van der Waals surface area (Å²) in [6.45, 7) is 1.90. The monoisotopic (exact) mass is 362 g/mol. The zero-order valence-corrected chi connectivity index (χ0v) is 13.5. The predicted molar refractivity (Wildman–Crippen MR) is 81.1 cm³/mol. The topological polar surface area (TPSA) is 104 Å². The minimum atomic E-state index is -4.48. The minimum absolute atomic E-state index is 0.0967. The van der Waals surface area contributed by atoms with Gasteiger partial charge in [-0.25, -0.2) is 4.99 Å². The summed E-state index contributed by atoms with van der Waals surface area (Å²) in [6, 6.07) is 8.49. The molecule has 0 radical (unpaired) electrons. The van der Waals surface area contributed by atoms with Crippen LogP contribution in [0.3, 0.4) is 0 Å². The van der Waals surface area contributed by atoms with Crippen LogP contribution >= 0.6 is 0 Å². The second kappa shape index (κ2) is 4.76. The molecule has 6 nitrogen and oxygen atoms in total. The van der Waals surface area contributed by atoms with Gasteiger partial charge in [0.2, 0.25) is 0 Å². The van der Waals surface area contributed by atoms with Crippen LogP contribution in [-0.4, -0.2) is 24.5 Å². The van der Waals surface area contributed by atoms with Gasteiger partial charge in [-0.2, -0.15) is 23.7 Å². The zero-order chi connectivity index (χ0) is 19.0. The molecule has 2 heterocycles. The molecule has 134 valence electrons. The van der Waals surface area contributed by atoms with Crippen molar-refractivity contribution >= 4 is 5.84 Å². The number of nitrogens with zero attached hydrogens (tertiary/aromatic N) is 3. The molecule has 1 saturated carbocycles. The Morgan fingerprint density at radius 1 is 1.23 bits per heavy atom. The molecule has 1 saturated heterocycles. The Bertz CT molecular complexity index is 901. The van der Waals surface area contributed by atoms with Crippen molar-refractivity contribution < 1.29 is 22.6 Å². The number of alkyl halides is 3. The first-order valence-corrected chi connectivity index (χ1v) is 7.86. The fourth-order valence-electron chi connectivity index (χ4n) is 4.23. The Morgan fingerprint density at radius 2 is 1.88 bits per heavy atom. The van der Waals surface area contributed by atoms with Gasteiger partial charge < -0.3 is 15.2 Å². The van der Waals surface area contributed by atoms with E-state index in [0.717, 1.165) is 12.1 Å². The minimum Gasteiger partial charge on any atom is -0.386 e. The molecule has 2 fully saturated rings. The van der Waals surface area contributed by atoms with Gasteiger partial charge in [-0.05, 0) is 24.6 Å². The highest BCUT2D eigenvalue weighted by Gasteiger charge is 2.94. The average Bonchev–Trinajstić information content (AvgIpc) is 2.98. The molecule has 3 aliphatic rings. The van der Waals surface area contributed by atoms with Crippen molar-refractivity contribution in [1.29, 1.82) is 10.5 Å². The number of hydrogen-bond donors (Lipinski definition) is 1. The molecule has 0 bridgehead atoms. The second-order valence-electron chi connectivity index (χ2n) is 6.71. The number of rotatable bonds is 1. The summed E-state index contributed by atoms with van der Waals surface area (Å²) in [7, 11) is 0. The third kappa shape index (κ3) is 1.65. The highest BCUT2D eigenvalue weighted by molar-refractivity contribution is 6.00. The van der Waals surface area contributed by atoms with Crippen LogP contribution in [0.1, 0.15) is 24.0 Å². The quantitative estimate of drug-likeness (QED) is 0.825. The van der Waals surface area contributed by atoms with Crippen molar-refractivity contribution in [1.82, 2.24) is 0 Å². The molecule has 5 atom stereocenters. The van der Waals surface area contributed by atoms with E-state index in [1.807, 2.05) is 0 Å². The van der Waals surface area contributed by atoms with Gasteiger partial charge in [-0.15, -0.1) is 0 Å². The number of aliphatic imine (C=N–C) groups is 1. The molecule has 0 aromatic heterocycles. The number of ether oxygens (including phenoxy) is 2. The summed E-state index contributed by atoms with van der Waals surface area (Å²) in [4.78, 5) is 4.14. The maximum Gasteiger partial charge on any atom is 0.416 e. The fraction of sp³-hybridized carbons (Fsp3) is 0.471. The van der Waals surface area contributed by atoms with Crippen molar-refractivity contribution in [3.63, 3.8) is 0 Å². The normalized spacial score (nSPS) is 40.6. The van der Waals surface area contributed by atoms with Crippen molar-refractivity contribution in [3.8, 4) is 12.1 Å². The molecule has 0 amide bonds. The highest BCUT2D eigenvalue weighted by atomic mass is 19.4. The van der Waals surface area contributed by atoms with Crippen molar-refractivity contribution in [3.05, 3.63) is 35.4 Å². The predicted octanol–water partition coefficient (Wildman–Crippen LogP) is 2.28. The van der Waals surface area contributed by atoms with Crippen molar-refractivity contribution in [2.45, 2.75) is 31.0 Å². The largest absolute Gasteiger partial charge is 0.416 e. The lowest BCUT2D eigenvalue weighted by molar-refractivity contribution is -0.193. The molecule has 1 aliphatic carbocycles. The van der Waals surface area contributed by atoms with E-state index < -0.39 is 34.4 Å². The molecule has 4 rings (SSSR count). The van der Waals surface area contributed by atoms with Crippen LogP contribution in [0.2, 0.25) is 0 Å².